The van der Waals surface area contributed by atoms with Crippen molar-refractivity contribution >= 4 is 11.6 Å². The minimum atomic E-state index is 0.114. The van der Waals surface area contributed by atoms with Gasteiger partial charge < -0.3 is 4.79 Å². The predicted molar refractivity (Wildman–Crippen MR) is 78.6 cm³/mol. The van der Waals surface area contributed by atoms with Gasteiger partial charge in [-0.05, 0) is 30.7 Å². The van der Waals surface area contributed by atoms with Crippen LogP contribution in [0, 0.1) is 0 Å². The third kappa shape index (κ3) is 5.37. The summed E-state index contributed by atoms with van der Waals surface area (Å²) in [6.45, 7) is 8.07. The Bertz CT molecular complexity index is 435. The fourth-order valence-corrected chi connectivity index (χ4v) is 1.96. The number of hydrogen-bond acceptors (Lipinski definition) is 2. The lowest BCUT2D eigenvalue weighted by Gasteiger charge is -2.18. The highest BCUT2D eigenvalue weighted by Gasteiger charge is 2.14. The summed E-state index contributed by atoms with van der Waals surface area (Å²) in [4.78, 5) is 22.8. The molecule has 1 rings (SSSR count). The van der Waals surface area contributed by atoms with Crippen molar-refractivity contribution in [2.45, 2.75) is 58.8 Å². The average Bonchev–Trinajstić information content (AvgIpc) is 2.33. The quantitative estimate of drug-likeness (QED) is 0.564. The van der Waals surface area contributed by atoms with Gasteiger partial charge in [-0.3, -0.25) is 4.79 Å². The molecule has 0 spiro atoms. The molecule has 0 atom stereocenters. The molecule has 0 aliphatic heterocycles. The normalized spacial score (nSPS) is 11.4. The van der Waals surface area contributed by atoms with Gasteiger partial charge in [-0.2, -0.15) is 0 Å². The zero-order valence-electron chi connectivity index (χ0n) is 12.5. The van der Waals surface area contributed by atoms with Crippen LogP contribution in [0.25, 0.3) is 0 Å². The molecular weight excluding hydrogens is 236 g/mol. The molecular formula is C17H24O2. The minimum absolute atomic E-state index is 0.114. The Labute approximate surface area is 116 Å². The van der Waals surface area contributed by atoms with Crippen LogP contribution in [0.4, 0.5) is 0 Å². The van der Waals surface area contributed by atoms with Gasteiger partial charge in [-0.15, -0.1) is 0 Å². The van der Waals surface area contributed by atoms with Crippen molar-refractivity contribution in [2.24, 2.45) is 0 Å². The molecule has 0 aliphatic rings. The van der Waals surface area contributed by atoms with Gasteiger partial charge in [0.15, 0.2) is 5.78 Å². The fourth-order valence-electron chi connectivity index (χ4n) is 1.96. The molecule has 0 fully saturated rings. The molecule has 1 aromatic carbocycles. The highest BCUT2D eigenvalue weighted by molar-refractivity contribution is 5.96. The second-order valence-electron chi connectivity index (χ2n) is 6.16. The summed E-state index contributed by atoms with van der Waals surface area (Å²) < 4.78 is 0. The Morgan fingerprint density at radius 1 is 0.947 bits per heavy atom. The number of carbonyl (C=O) groups is 2. The smallest absolute Gasteiger partial charge is 0.162 e. The van der Waals surface area contributed by atoms with Gasteiger partial charge in [0, 0.05) is 18.4 Å². The van der Waals surface area contributed by atoms with Crippen molar-refractivity contribution in [1.82, 2.24) is 0 Å². The van der Waals surface area contributed by atoms with E-state index < -0.39 is 0 Å². The van der Waals surface area contributed by atoms with Gasteiger partial charge in [-0.25, -0.2) is 0 Å². The summed E-state index contributed by atoms with van der Waals surface area (Å²) in [5, 5.41) is 0. The van der Waals surface area contributed by atoms with E-state index in [1.807, 2.05) is 24.3 Å². The molecule has 2 nitrogen and oxygen atoms in total. The minimum Gasteiger partial charge on any atom is -0.300 e. The monoisotopic (exact) mass is 260 g/mol. The summed E-state index contributed by atoms with van der Waals surface area (Å²) in [5.41, 5.74) is 2.12. The molecule has 0 saturated heterocycles. The van der Waals surface area contributed by atoms with E-state index in [-0.39, 0.29) is 17.0 Å². The standard InChI is InChI=1S/C17H24O2/c1-13(18)7-5-6-8-16(19)14-9-11-15(12-10-14)17(2,3)4/h9-12H,5-8H2,1-4H3. The van der Waals surface area contributed by atoms with Gasteiger partial charge in [0.2, 0.25) is 0 Å². The zero-order chi connectivity index (χ0) is 14.5. The van der Waals surface area contributed by atoms with E-state index in [4.69, 9.17) is 0 Å². The fraction of sp³-hybridized carbons (Fsp3) is 0.529. The van der Waals surface area contributed by atoms with Gasteiger partial charge in [0.25, 0.3) is 0 Å². The SMILES string of the molecule is CC(=O)CCCCC(=O)c1ccc(C(C)(C)C)cc1. The van der Waals surface area contributed by atoms with E-state index >= 15 is 0 Å². The van der Waals surface area contributed by atoms with Gasteiger partial charge in [0.1, 0.15) is 5.78 Å². The first-order valence-corrected chi connectivity index (χ1v) is 6.94. The van der Waals surface area contributed by atoms with Crippen molar-refractivity contribution in [3.63, 3.8) is 0 Å². The topological polar surface area (TPSA) is 34.1 Å². The highest BCUT2D eigenvalue weighted by Crippen LogP contribution is 2.22. The number of Topliss-reactive ketones (excluding diaryl/α,β-unsaturated/α-hetero) is 2. The molecule has 2 heteroatoms. The van der Waals surface area contributed by atoms with Crippen LogP contribution in [0.15, 0.2) is 24.3 Å². The number of ketones is 2. The Kier molecular flexibility index (Phi) is 5.46. The van der Waals surface area contributed by atoms with Crippen LogP contribution in [0.3, 0.4) is 0 Å². The highest BCUT2D eigenvalue weighted by atomic mass is 16.1. The Morgan fingerprint density at radius 3 is 1.95 bits per heavy atom. The molecule has 19 heavy (non-hydrogen) atoms. The van der Waals surface area contributed by atoms with E-state index in [0.29, 0.717) is 12.8 Å². The summed E-state index contributed by atoms with van der Waals surface area (Å²) in [5.74, 6) is 0.367. The summed E-state index contributed by atoms with van der Waals surface area (Å²) in [6, 6.07) is 7.88. The van der Waals surface area contributed by atoms with Crippen LogP contribution in [-0.2, 0) is 10.2 Å². The van der Waals surface area contributed by atoms with Crippen molar-refractivity contribution in [3.8, 4) is 0 Å². The number of carbonyl (C=O) groups excluding carboxylic acids is 2. The van der Waals surface area contributed by atoms with E-state index in [2.05, 4.69) is 20.8 Å². The summed E-state index contributed by atoms with van der Waals surface area (Å²) in [7, 11) is 0. The summed E-state index contributed by atoms with van der Waals surface area (Å²) >= 11 is 0. The molecule has 0 unspecified atom stereocenters. The molecule has 104 valence electrons. The second kappa shape index (κ2) is 6.65. The van der Waals surface area contributed by atoms with Crippen LogP contribution in [0.2, 0.25) is 0 Å². The lowest BCUT2D eigenvalue weighted by atomic mass is 9.86. The molecule has 0 amide bonds. The van der Waals surface area contributed by atoms with E-state index in [1.165, 1.54) is 5.56 Å². The maximum absolute atomic E-state index is 12.0. The molecule has 0 aliphatic carbocycles. The van der Waals surface area contributed by atoms with Crippen LogP contribution in [0.5, 0.6) is 0 Å². The largest absolute Gasteiger partial charge is 0.300 e. The van der Waals surface area contributed by atoms with Crippen molar-refractivity contribution in [3.05, 3.63) is 35.4 Å². The van der Waals surface area contributed by atoms with Crippen LogP contribution in [-0.4, -0.2) is 11.6 Å². The van der Waals surface area contributed by atoms with E-state index in [9.17, 15) is 9.59 Å². The zero-order valence-corrected chi connectivity index (χ0v) is 12.5. The number of unbranched alkanes of at least 4 members (excludes halogenated alkanes) is 1. The van der Waals surface area contributed by atoms with E-state index in [0.717, 1.165) is 18.4 Å². The van der Waals surface area contributed by atoms with Crippen molar-refractivity contribution in [2.75, 3.05) is 0 Å². The first-order valence-electron chi connectivity index (χ1n) is 6.94. The molecule has 1 aromatic rings. The molecule has 0 radical (unpaired) electrons. The lowest BCUT2D eigenvalue weighted by Crippen LogP contribution is -2.11. The maximum atomic E-state index is 12.0. The Hall–Kier alpha value is -1.44. The van der Waals surface area contributed by atoms with Crippen molar-refractivity contribution in [1.29, 1.82) is 0 Å². The first kappa shape index (κ1) is 15.6. The third-order valence-electron chi connectivity index (χ3n) is 3.26. The predicted octanol–water partition coefficient (Wildman–Crippen LogP) is 4.32. The second-order valence-corrected chi connectivity index (χ2v) is 6.16. The van der Waals surface area contributed by atoms with E-state index in [1.54, 1.807) is 6.92 Å². The van der Waals surface area contributed by atoms with Gasteiger partial charge >= 0.3 is 0 Å². The van der Waals surface area contributed by atoms with Gasteiger partial charge in [0.05, 0.1) is 0 Å². The van der Waals surface area contributed by atoms with Crippen LogP contribution < -0.4 is 0 Å². The molecule has 0 heterocycles. The van der Waals surface area contributed by atoms with Crippen LogP contribution >= 0.6 is 0 Å². The number of hydrogen-bond donors (Lipinski definition) is 0. The lowest BCUT2D eigenvalue weighted by molar-refractivity contribution is -0.117. The molecule has 0 N–H and O–H groups in total. The molecule has 0 aromatic heterocycles. The van der Waals surface area contributed by atoms with Crippen molar-refractivity contribution < 1.29 is 9.59 Å². The number of benzene rings is 1. The van der Waals surface area contributed by atoms with Gasteiger partial charge in [-0.1, -0.05) is 45.0 Å². The molecule has 0 saturated carbocycles. The Balaban J connectivity index is 2.52. The Morgan fingerprint density at radius 2 is 1.47 bits per heavy atom. The maximum Gasteiger partial charge on any atom is 0.162 e. The summed E-state index contributed by atoms with van der Waals surface area (Å²) in [6.07, 6.45) is 2.71. The van der Waals surface area contributed by atoms with Crippen LogP contribution in [0.1, 0.15) is 69.3 Å². The third-order valence-corrected chi connectivity index (χ3v) is 3.26. The molecule has 0 bridgehead atoms. The number of rotatable bonds is 6. The first-order chi connectivity index (χ1) is 8.80. The average molecular weight is 260 g/mol.